The maximum absolute atomic E-state index is 13.4. The molecule has 2 amide bonds. The Labute approximate surface area is 224 Å². The molecule has 0 bridgehead atoms. The molecular formula is C33H33N3O2. The summed E-state index contributed by atoms with van der Waals surface area (Å²) in [5, 5.41) is 3.11. The maximum atomic E-state index is 13.4. The predicted octanol–water partition coefficient (Wildman–Crippen LogP) is 5.66. The maximum Gasteiger partial charge on any atom is 0.236 e. The van der Waals surface area contributed by atoms with Gasteiger partial charge in [-0.15, -0.1) is 0 Å². The minimum Gasteiger partial charge on any atom is -0.368 e. The van der Waals surface area contributed by atoms with Crippen LogP contribution in [0.3, 0.4) is 0 Å². The molecule has 5 heteroatoms. The van der Waals surface area contributed by atoms with E-state index in [0.29, 0.717) is 19.5 Å². The molecule has 0 atom stereocenters. The molecule has 38 heavy (non-hydrogen) atoms. The van der Waals surface area contributed by atoms with Crippen LogP contribution < -0.4 is 10.2 Å². The Morgan fingerprint density at radius 3 is 1.84 bits per heavy atom. The first kappa shape index (κ1) is 25.3. The van der Waals surface area contributed by atoms with E-state index in [-0.39, 0.29) is 17.7 Å². The molecule has 192 valence electrons. The first-order valence-corrected chi connectivity index (χ1v) is 13.2. The lowest BCUT2D eigenvalue weighted by Gasteiger charge is -2.36. The zero-order valence-corrected chi connectivity index (χ0v) is 21.7. The summed E-state index contributed by atoms with van der Waals surface area (Å²) in [6, 6.07) is 35.8. The van der Waals surface area contributed by atoms with E-state index in [1.165, 1.54) is 0 Å². The number of nitrogens with zero attached hydrogens (tertiary/aromatic N) is 2. The number of amides is 2. The monoisotopic (exact) mass is 503 g/mol. The van der Waals surface area contributed by atoms with Gasteiger partial charge in [0.05, 0.1) is 12.3 Å². The number of carbonyl (C=O) groups is 2. The molecule has 1 N–H and O–H groups in total. The Morgan fingerprint density at radius 2 is 1.26 bits per heavy atom. The van der Waals surface area contributed by atoms with E-state index < -0.39 is 0 Å². The van der Waals surface area contributed by atoms with Crippen LogP contribution in [0.5, 0.6) is 0 Å². The van der Waals surface area contributed by atoms with Crippen molar-refractivity contribution in [2.24, 2.45) is 0 Å². The highest BCUT2D eigenvalue weighted by molar-refractivity contribution is 5.98. The largest absolute Gasteiger partial charge is 0.368 e. The molecule has 1 saturated heterocycles. The molecule has 5 rings (SSSR count). The lowest BCUT2D eigenvalue weighted by Crippen LogP contribution is -2.49. The Kier molecular flexibility index (Phi) is 7.84. The Bertz CT molecular complexity index is 1320. The normalized spacial score (nSPS) is 13.4. The lowest BCUT2D eigenvalue weighted by atomic mass is 9.90. The van der Waals surface area contributed by atoms with Gasteiger partial charge >= 0.3 is 0 Å². The topological polar surface area (TPSA) is 52.7 Å². The first-order chi connectivity index (χ1) is 18.6. The summed E-state index contributed by atoms with van der Waals surface area (Å²) in [6.07, 6.45) is 0.452. The van der Waals surface area contributed by atoms with E-state index in [2.05, 4.69) is 23.2 Å². The number of benzene rings is 4. The minimum atomic E-state index is -0.387. The third-order valence-corrected chi connectivity index (χ3v) is 7.26. The van der Waals surface area contributed by atoms with Gasteiger partial charge in [-0.2, -0.15) is 0 Å². The minimum absolute atomic E-state index is 0.0593. The van der Waals surface area contributed by atoms with Crippen LogP contribution in [0.15, 0.2) is 109 Å². The van der Waals surface area contributed by atoms with E-state index in [9.17, 15) is 9.59 Å². The van der Waals surface area contributed by atoms with Crippen molar-refractivity contribution >= 4 is 23.2 Å². The van der Waals surface area contributed by atoms with Gasteiger partial charge in [-0.3, -0.25) is 9.59 Å². The number of anilines is 2. The van der Waals surface area contributed by atoms with Crippen LogP contribution in [-0.4, -0.2) is 42.9 Å². The molecule has 4 aromatic rings. The third-order valence-electron chi connectivity index (χ3n) is 7.26. The van der Waals surface area contributed by atoms with Crippen LogP contribution in [0.25, 0.3) is 0 Å². The fourth-order valence-electron chi connectivity index (χ4n) is 5.05. The van der Waals surface area contributed by atoms with E-state index in [1.54, 1.807) is 0 Å². The smallest absolute Gasteiger partial charge is 0.236 e. The molecule has 1 fully saturated rings. The summed E-state index contributed by atoms with van der Waals surface area (Å²) in [5.74, 6) is -0.262. The second kappa shape index (κ2) is 11.8. The molecule has 0 saturated carbocycles. The second-order valence-corrected chi connectivity index (χ2v) is 9.76. The average Bonchev–Trinajstić information content (AvgIpc) is 2.96. The summed E-state index contributed by atoms with van der Waals surface area (Å²) in [6.45, 7) is 5.04. The summed E-state index contributed by atoms with van der Waals surface area (Å²) in [5.41, 5.74) is 6.04. The number of aryl methyl sites for hydroxylation is 1. The van der Waals surface area contributed by atoms with Crippen molar-refractivity contribution in [2.45, 2.75) is 19.3 Å². The van der Waals surface area contributed by atoms with Gasteiger partial charge in [0.15, 0.2) is 0 Å². The van der Waals surface area contributed by atoms with Gasteiger partial charge in [0.2, 0.25) is 11.8 Å². The van der Waals surface area contributed by atoms with E-state index in [1.807, 2.05) is 108 Å². The third kappa shape index (κ3) is 5.94. The van der Waals surface area contributed by atoms with Gasteiger partial charge in [-0.25, -0.2) is 0 Å². The molecule has 4 aromatic carbocycles. The zero-order valence-electron chi connectivity index (χ0n) is 21.7. The van der Waals surface area contributed by atoms with Crippen LogP contribution in [0.1, 0.15) is 28.2 Å². The van der Waals surface area contributed by atoms with Crippen molar-refractivity contribution < 1.29 is 9.59 Å². The van der Waals surface area contributed by atoms with Crippen LogP contribution in [0.2, 0.25) is 0 Å². The highest BCUT2D eigenvalue weighted by atomic mass is 16.2. The van der Waals surface area contributed by atoms with Gasteiger partial charge in [0.25, 0.3) is 0 Å². The van der Waals surface area contributed by atoms with Gasteiger partial charge in [-0.05, 0) is 53.4 Å². The predicted molar refractivity (Wildman–Crippen MR) is 153 cm³/mol. The first-order valence-electron chi connectivity index (χ1n) is 13.2. The number of hydrogen-bond donors (Lipinski definition) is 1. The van der Waals surface area contributed by atoms with Crippen LogP contribution >= 0.6 is 0 Å². The van der Waals surface area contributed by atoms with Crippen LogP contribution in [0, 0.1) is 6.92 Å². The van der Waals surface area contributed by atoms with Crippen LogP contribution in [-0.2, 0) is 16.0 Å². The van der Waals surface area contributed by atoms with Crippen molar-refractivity contribution in [3.63, 3.8) is 0 Å². The van der Waals surface area contributed by atoms with Crippen molar-refractivity contribution in [1.29, 1.82) is 0 Å². The Morgan fingerprint density at radius 1 is 0.711 bits per heavy atom. The number of carbonyl (C=O) groups excluding carboxylic acids is 2. The van der Waals surface area contributed by atoms with Crippen molar-refractivity contribution in [3.8, 4) is 0 Å². The molecule has 1 aliphatic heterocycles. The zero-order chi connectivity index (χ0) is 26.3. The summed E-state index contributed by atoms with van der Waals surface area (Å²) < 4.78 is 0. The molecular weight excluding hydrogens is 470 g/mol. The molecule has 0 aliphatic carbocycles. The van der Waals surface area contributed by atoms with Crippen molar-refractivity contribution in [3.05, 3.63) is 131 Å². The SMILES string of the molecule is Cc1ccccc1CC(=O)N1CCN(c2ccc(NC(=O)C(c3ccccc3)c3ccccc3)cc2)CC1. The van der Waals surface area contributed by atoms with Crippen LogP contribution in [0.4, 0.5) is 11.4 Å². The van der Waals surface area contributed by atoms with E-state index in [4.69, 9.17) is 0 Å². The second-order valence-electron chi connectivity index (χ2n) is 9.76. The van der Waals surface area contributed by atoms with E-state index >= 15 is 0 Å². The molecule has 1 heterocycles. The molecule has 0 aromatic heterocycles. The molecule has 0 radical (unpaired) electrons. The van der Waals surface area contributed by atoms with Crippen molar-refractivity contribution in [2.75, 3.05) is 36.4 Å². The number of piperazine rings is 1. The molecule has 1 aliphatic rings. The van der Waals surface area contributed by atoms with E-state index in [0.717, 1.165) is 46.7 Å². The van der Waals surface area contributed by atoms with Crippen molar-refractivity contribution in [1.82, 2.24) is 4.90 Å². The quantitative estimate of drug-likeness (QED) is 0.354. The highest BCUT2D eigenvalue weighted by Gasteiger charge is 2.24. The molecule has 0 spiro atoms. The summed E-state index contributed by atoms with van der Waals surface area (Å²) >= 11 is 0. The summed E-state index contributed by atoms with van der Waals surface area (Å²) in [4.78, 5) is 30.5. The molecule has 0 unspecified atom stereocenters. The van der Waals surface area contributed by atoms with Gasteiger partial charge in [0, 0.05) is 37.6 Å². The summed E-state index contributed by atoms with van der Waals surface area (Å²) in [7, 11) is 0. The highest BCUT2D eigenvalue weighted by Crippen LogP contribution is 2.27. The number of nitrogens with one attached hydrogen (secondary N) is 1. The van der Waals surface area contributed by atoms with Gasteiger partial charge in [-0.1, -0.05) is 84.9 Å². The standard InChI is InChI=1S/C33H33N3O2/c1-25-10-8-9-15-28(25)24-31(37)36-22-20-35(21-23-36)30-18-16-29(17-19-30)34-33(38)32(26-11-4-2-5-12-26)27-13-6-3-7-14-27/h2-19,32H,20-24H2,1H3,(H,34,38). The Hall–Kier alpha value is -4.38. The Balaban J connectivity index is 1.19. The van der Waals surface area contributed by atoms with Gasteiger partial charge in [0.1, 0.15) is 0 Å². The lowest BCUT2D eigenvalue weighted by molar-refractivity contribution is -0.130. The molecule has 5 nitrogen and oxygen atoms in total. The number of rotatable bonds is 7. The van der Waals surface area contributed by atoms with Gasteiger partial charge < -0.3 is 15.1 Å². The number of hydrogen-bond acceptors (Lipinski definition) is 3. The fourth-order valence-corrected chi connectivity index (χ4v) is 5.05. The fraction of sp³-hybridized carbons (Fsp3) is 0.212. The average molecular weight is 504 g/mol.